The highest BCUT2D eigenvalue weighted by Gasteiger charge is 2.05. The summed E-state index contributed by atoms with van der Waals surface area (Å²) in [5.74, 6) is 0. The van der Waals surface area contributed by atoms with Gasteiger partial charge in [-0.1, -0.05) is 36.3 Å². The Morgan fingerprint density at radius 2 is 1.94 bits per heavy atom. The highest BCUT2D eigenvalue weighted by molar-refractivity contribution is 5.79. The third-order valence-electron chi connectivity index (χ3n) is 2.14. The predicted octanol–water partition coefficient (Wildman–Crippen LogP) is 3.65. The van der Waals surface area contributed by atoms with Crippen LogP contribution in [-0.4, -0.2) is 12.3 Å². The zero-order valence-electron chi connectivity index (χ0n) is 9.28. The molecule has 0 N–H and O–H groups in total. The Bertz CT molecular complexity index is 335. The lowest BCUT2D eigenvalue weighted by Gasteiger charge is -2.04. The molecule has 1 aromatic rings. The van der Waals surface area contributed by atoms with Crippen LogP contribution in [0.3, 0.4) is 0 Å². The van der Waals surface area contributed by atoms with E-state index in [1.165, 1.54) is 24.3 Å². The molecule has 0 saturated carbocycles. The molecule has 2 nitrogen and oxygen atoms in total. The van der Waals surface area contributed by atoms with Gasteiger partial charge in [0.05, 0.1) is 0 Å². The van der Waals surface area contributed by atoms with Gasteiger partial charge in [0.15, 0.2) is 0 Å². The highest BCUT2D eigenvalue weighted by Crippen LogP contribution is 2.18. The average molecular weight is 226 g/mol. The maximum atomic E-state index is 12.2. The van der Waals surface area contributed by atoms with E-state index in [1.54, 1.807) is 0 Å². The third-order valence-corrected chi connectivity index (χ3v) is 2.14. The van der Waals surface area contributed by atoms with Crippen molar-refractivity contribution < 1.29 is 13.6 Å². The summed E-state index contributed by atoms with van der Waals surface area (Å²) in [6, 6.07) is 5.77. The summed E-state index contributed by atoms with van der Waals surface area (Å²) in [7, 11) is 0. The Morgan fingerprint density at radius 3 is 2.44 bits per heavy atom. The number of benzene rings is 1. The number of nitrogens with zero attached hydrogens (tertiary/aromatic N) is 1. The lowest BCUT2D eigenvalue weighted by molar-refractivity contribution is 0.0712. The zero-order chi connectivity index (χ0) is 12.0. The molecule has 0 fully saturated rings. The summed E-state index contributed by atoms with van der Waals surface area (Å²) in [6.45, 7) is 3.88. The molecule has 0 aliphatic heterocycles. The molecule has 0 spiro atoms. The first kappa shape index (κ1) is 12.6. The summed E-state index contributed by atoms with van der Waals surface area (Å²) in [5, 5.41) is 3.65. The summed E-state index contributed by atoms with van der Waals surface area (Å²) in [4.78, 5) is 5.04. The number of rotatable bonds is 5. The van der Waals surface area contributed by atoms with E-state index in [0.717, 1.165) is 6.42 Å². The normalized spacial score (nSPS) is 13.3. The summed E-state index contributed by atoms with van der Waals surface area (Å²) in [5.41, 5.74) is 0.612. The van der Waals surface area contributed by atoms with Crippen LogP contribution in [-0.2, 0) is 4.84 Å². The van der Waals surface area contributed by atoms with Crippen LogP contribution >= 0.6 is 0 Å². The van der Waals surface area contributed by atoms with Crippen molar-refractivity contribution in [3.63, 3.8) is 0 Å². The quantitative estimate of drug-likeness (QED) is 0.554. The fourth-order valence-corrected chi connectivity index (χ4v) is 0.947. The highest BCUT2D eigenvalue weighted by atomic mass is 19.3. The van der Waals surface area contributed by atoms with Gasteiger partial charge in [-0.2, -0.15) is 0 Å². The lowest BCUT2D eigenvalue weighted by atomic mass is 10.1. The minimum atomic E-state index is -2.44. The molecule has 1 atom stereocenters. The molecule has 16 heavy (non-hydrogen) atoms. The van der Waals surface area contributed by atoms with Gasteiger partial charge in [-0.05, 0) is 13.3 Å². The van der Waals surface area contributed by atoms with Crippen molar-refractivity contribution in [3.8, 4) is 0 Å². The Kier molecular flexibility index (Phi) is 4.89. The first-order valence-corrected chi connectivity index (χ1v) is 5.13. The summed E-state index contributed by atoms with van der Waals surface area (Å²) in [6.07, 6.45) is 1.08. The second-order valence-electron chi connectivity index (χ2n) is 3.45. The lowest BCUT2D eigenvalue weighted by Crippen LogP contribution is -2.01. The SMILES string of the molecule is CCC(C)O/N=[C]/c1ccc(C(F)F)cc1. The van der Waals surface area contributed by atoms with Crippen LogP contribution in [0.25, 0.3) is 0 Å². The summed E-state index contributed by atoms with van der Waals surface area (Å²) < 4.78 is 24.5. The zero-order valence-corrected chi connectivity index (χ0v) is 9.28. The number of hydrogen-bond acceptors (Lipinski definition) is 2. The molecule has 1 unspecified atom stereocenters. The molecular formula is C12H14F2NO. The van der Waals surface area contributed by atoms with Gasteiger partial charge in [-0.25, -0.2) is 8.78 Å². The predicted molar refractivity (Wildman–Crippen MR) is 58.8 cm³/mol. The van der Waals surface area contributed by atoms with Gasteiger partial charge in [0, 0.05) is 11.1 Å². The van der Waals surface area contributed by atoms with Crippen molar-refractivity contribution in [1.82, 2.24) is 0 Å². The monoisotopic (exact) mass is 226 g/mol. The number of alkyl halides is 2. The van der Waals surface area contributed by atoms with Gasteiger partial charge >= 0.3 is 0 Å². The van der Waals surface area contributed by atoms with Gasteiger partial charge < -0.3 is 4.84 Å². The molecule has 0 aliphatic carbocycles. The maximum Gasteiger partial charge on any atom is 0.263 e. The molecule has 0 aliphatic rings. The topological polar surface area (TPSA) is 21.6 Å². The molecular weight excluding hydrogens is 212 g/mol. The van der Waals surface area contributed by atoms with Crippen LogP contribution in [0.4, 0.5) is 8.78 Å². The van der Waals surface area contributed by atoms with Crippen LogP contribution in [0.5, 0.6) is 0 Å². The molecule has 0 bridgehead atoms. The second kappa shape index (κ2) is 6.20. The third kappa shape index (κ3) is 3.96. The van der Waals surface area contributed by atoms with E-state index >= 15 is 0 Å². The van der Waals surface area contributed by atoms with Gasteiger partial charge in [0.1, 0.15) is 12.3 Å². The molecule has 0 heterocycles. The fourth-order valence-electron chi connectivity index (χ4n) is 0.947. The Labute approximate surface area is 93.9 Å². The number of halogens is 2. The Morgan fingerprint density at radius 1 is 1.31 bits per heavy atom. The van der Waals surface area contributed by atoms with E-state index < -0.39 is 6.43 Å². The van der Waals surface area contributed by atoms with Crippen molar-refractivity contribution in [2.45, 2.75) is 32.8 Å². The maximum absolute atomic E-state index is 12.2. The number of hydrogen-bond donors (Lipinski definition) is 0. The van der Waals surface area contributed by atoms with Gasteiger partial charge in [-0.3, -0.25) is 0 Å². The van der Waals surface area contributed by atoms with Gasteiger partial charge in [-0.15, -0.1) is 0 Å². The molecule has 0 saturated heterocycles. The smallest absolute Gasteiger partial charge is 0.263 e. The van der Waals surface area contributed by atoms with E-state index in [0.29, 0.717) is 5.56 Å². The van der Waals surface area contributed by atoms with Crippen molar-refractivity contribution in [2.24, 2.45) is 5.16 Å². The van der Waals surface area contributed by atoms with Crippen LogP contribution in [0, 0.1) is 0 Å². The van der Waals surface area contributed by atoms with Crippen LogP contribution in [0.2, 0.25) is 0 Å². The van der Waals surface area contributed by atoms with Crippen LogP contribution in [0.1, 0.15) is 37.8 Å². The first-order chi connectivity index (χ1) is 7.63. The second-order valence-corrected chi connectivity index (χ2v) is 3.45. The van der Waals surface area contributed by atoms with Crippen molar-refractivity contribution in [3.05, 3.63) is 35.4 Å². The van der Waals surface area contributed by atoms with E-state index in [1.807, 2.05) is 13.8 Å². The van der Waals surface area contributed by atoms with E-state index in [4.69, 9.17) is 4.84 Å². The molecule has 1 rings (SSSR count). The van der Waals surface area contributed by atoms with Crippen molar-refractivity contribution in [2.75, 3.05) is 0 Å². The van der Waals surface area contributed by atoms with Gasteiger partial charge in [0.25, 0.3) is 6.43 Å². The first-order valence-electron chi connectivity index (χ1n) is 5.13. The Balaban J connectivity index is 2.55. The largest absolute Gasteiger partial charge is 0.392 e. The molecule has 1 aromatic carbocycles. The van der Waals surface area contributed by atoms with E-state index in [2.05, 4.69) is 11.4 Å². The minimum Gasteiger partial charge on any atom is -0.392 e. The Hall–Kier alpha value is -1.45. The molecule has 0 amide bonds. The fraction of sp³-hybridized carbons (Fsp3) is 0.417. The van der Waals surface area contributed by atoms with Crippen molar-refractivity contribution in [1.29, 1.82) is 0 Å². The summed E-state index contributed by atoms with van der Waals surface area (Å²) >= 11 is 0. The molecule has 0 aromatic heterocycles. The minimum absolute atomic E-state index is 0.00612. The molecule has 87 valence electrons. The van der Waals surface area contributed by atoms with Crippen molar-refractivity contribution >= 4 is 6.21 Å². The molecule has 1 radical (unpaired) electrons. The van der Waals surface area contributed by atoms with E-state index in [-0.39, 0.29) is 11.7 Å². The average Bonchev–Trinajstić information content (AvgIpc) is 2.29. The van der Waals surface area contributed by atoms with Gasteiger partial charge in [0.2, 0.25) is 0 Å². The molecule has 4 heteroatoms. The van der Waals surface area contributed by atoms with Crippen LogP contribution in [0.15, 0.2) is 29.4 Å². The standard InChI is InChI=1S/C12H14F2NO/c1-3-9(2)16-15-8-10-4-6-11(7-5-10)12(13)14/h4-7,9,12H,3H2,1-2H3. The van der Waals surface area contributed by atoms with Crippen LogP contribution < -0.4 is 0 Å². The van der Waals surface area contributed by atoms with E-state index in [9.17, 15) is 8.78 Å².